The van der Waals surface area contributed by atoms with Crippen LogP contribution < -0.4 is 5.73 Å². The van der Waals surface area contributed by atoms with E-state index < -0.39 is 17.6 Å². The number of hydrogen-bond donors (Lipinski definition) is 1. The van der Waals surface area contributed by atoms with Crippen molar-refractivity contribution in [1.82, 2.24) is 4.90 Å². The van der Waals surface area contributed by atoms with Crippen LogP contribution >= 0.6 is 0 Å². The van der Waals surface area contributed by atoms with E-state index in [1.807, 2.05) is 0 Å². The predicted molar refractivity (Wildman–Crippen MR) is 73.2 cm³/mol. The van der Waals surface area contributed by atoms with E-state index in [9.17, 15) is 17.6 Å². The quantitative estimate of drug-likeness (QED) is 0.862. The molecule has 0 spiro atoms. The molecule has 1 aromatic carbocycles. The van der Waals surface area contributed by atoms with Gasteiger partial charge in [-0.1, -0.05) is 19.4 Å². The average Bonchev–Trinajstić information content (AvgIpc) is 2.89. The van der Waals surface area contributed by atoms with Crippen LogP contribution in [0.3, 0.4) is 0 Å². The van der Waals surface area contributed by atoms with Crippen molar-refractivity contribution in [2.24, 2.45) is 11.7 Å². The Morgan fingerprint density at radius 1 is 1.38 bits per heavy atom. The summed E-state index contributed by atoms with van der Waals surface area (Å²) in [5.41, 5.74) is 4.97. The number of halogens is 4. The molecule has 1 fully saturated rings. The van der Waals surface area contributed by atoms with Gasteiger partial charge in [-0.2, -0.15) is 13.2 Å². The van der Waals surface area contributed by atoms with E-state index in [1.54, 1.807) is 0 Å². The Labute approximate surface area is 121 Å². The Bertz CT molecular complexity index is 487. The summed E-state index contributed by atoms with van der Waals surface area (Å²) >= 11 is 0. The number of nitrogens with zero attached hydrogens (tertiary/aromatic N) is 1. The van der Waals surface area contributed by atoms with Crippen LogP contribution in [0.1, 0.15) is 36.9 Å². The van der Waals surface area contributed by atoms with Crippen molar-refractivity contribution in [2.45, 2.75) is 32.0 Å². The van der Waals surface area contributed by atoms with Gasteiger partial charge in [0.25, 0.3) is 0 Å². The molecular weight excluding hydrogens is 284 g/mol. The molecule has 21 heavy (non-hydrogen) atoms. The summed E-state index contributed by atoms with van der Waals surface area (Å²) in [6.07, 6.45) is -2.61. The summed E-state index contributed by atoms with van der Waals surface area (Å²) in [4.78, 5) is 2.10. The Morgan fingerprint density at radius 2 is 2.10 bits per heavy atom. The maximum absolute atomic E-state index is 13.4. The highest BCUT2D eigenvalue weighted by Gasteiger charge is 2.35. The second-order valence-electron chi connectivity index (χ2n) is 5.55. The lowest BCUT2D eigenvalue weighted by atomic mass is 10.0. The van der Waals surface area contributed by atoms with Crippen molar-refractivity contribution in [2.75, 3.05) is 19.6 Å². The normalized spacial score (nSPS) is 21.7. The summed E-state index contributed by atoms with van der Waals surface area (Å²) in [5, 5.41) is 0. The zero-order chi connectivity index (χ0) is 15.6. The van der Waals surface area contributed by atoms with Crippen molar-refractivity contribution < 1.29 is 17.6 Å². The zero-order valence-corrected chi connectivity index (χ0v) is 12.0. The first-order valence-electron chi connectivity index (χ1n) is 7.17. The first kappa shape index (κ1) is 16.2. The second kappa shape index (κ2) is 6.32. The number of nitrogens with two attached hydrogens (primary N) is 1. The topological polar surface area (TPSA) is 29.3 Å². The van der Waals surface area contributed by atoms with Crippen molar-refractivity contribution in [3.8, 4) is 0 Å². The van der Waals surface area contributed by atoms with Crippen LogP contribution in [-0.2, 0) is 6.18 Å². The molecule has 6 heteroatoms. The monoisotopic (exact) mass is 304 g/mol. The molecule has 2 N–H and O–H groups in total. The maximum atomic E-state index is 13.4. The number of alkyl halides is 3. The van der Waals surface area contributed by atoms with E-state index in [0.717, 1.165) is 38.1 Å². The predicted octanol–water partition coefficient (Wildman–Crippen LogP) is 3.58. The highest BCUT2D eigenvalue weighted by molar-refractivity contribution is 5.30. The summed E-state index contributed by atoms with van der Waals surface area (Å²) < 4.78 is 51.8. The van der Waals surface area contributed by atoms with Gasteiger partial charge < -0.3 is 5.73 Å². The molecule has 118 valence electrons. The van der Waals surface area contributed by atoms with Crippen molar-refractivity contribution in [1.29, 1.82) is 0 Å². The highest BCUT2D eigenvalue weighted by Crippen LogP contribution is 2.35. The SMILES string of the molecule is CCC1CCN(C(CN)c2ccc(F)c(C(F)(F)F)c2)C1. The number of likely N-dealkylation sites (tertiary alicyclic amines) is 1. The fraction of sp³-hybridized carbons (Fsp3) is 0.600. The number of rotatable bonds is 4. The van der Waals surface area contributed by atoms with E-state index in [1.165, 1.54) is 6.07 Å². The molecule has 0 aromatic heterocycles. The summed E-state index contributed by atoms with van der Waals surface area (Å²) in [6.45, 7) is 3.97. The Morgan fingerprint density at radius 3 is 2.62 bits per heavy atom. The van der Waals surface area contributed by atoms with Crippen LogP contribution in [0.5, 0.6) is 0 Å². The molecule has 0 aliphatic carbocycles. The van der Waals surface area contributed by atoms with Gasteiger partial charge in [-0.05, 0) is 36.6 Å². The van der Waals surface area contributed by atoms with Gasteiger partial charge in [-0.3, -0.25) is 4.90 Å². The van der Waals surface area contributed by atoms with Gasteiger partial charge in [0.2, 0.25) is 0 Å². The lowest BCUT2D eigenvalue weighted by Gasteiger charge is -2.27. The first-order valence-corrected chi connectivity index (χ1v) is 7.17. The number of hydrogen-bond acceptors (Lipinski definition) is 2. The fourth-order valence-corrected chi connectivity index (χ4v) is 2.94. The van der Waals surface area contributed by atoms with E-state index in [2.05, 4.69) is 11.8 Å². The van der Waals surface area contributed by atoms with E-state index in [4.69, 9.17) is 5.73 Å². The van der Waals surface area contributed by atoms with Crippen LogP contribution in [0.25, 0.3) is 0 Å². The van der Waals surface area contributed by atoms with Crippen LogP contribution in [-0.4, -0.2) is 24.5 Å². The largest absolute Gasteiger partial charge is 0.419 e. The summed E-state index contributed by atoms with van der Waals surface area (Å²) in [6, 6.07) is 2.89. The lowest BCUT2D eigenvalue weighted by molar-refractivity contribution is -0.140. The van der Waals surface area contributed by atoms with Crippen LogP contribution in [0.2, 0.25) is 0 Å². The van der Waals surface area contributed by atoms with Gasteiger partial charge in [0.15, 0.2) is 0 Å². The second-order valence-corrected chi connectivity index (χ2v) is 5.55. The third-order valence-corrected chi connectivity index (χ3v) is 4.24. The van der Waals surface area contributed by atoms with E-state index in [0.29, 0.717) is 11.5 Å². The fourth-order valence-electron chi connectivity index (χ4n) is 2.94. The van der Waals surface area contributed by atoms with Gasteiger partial charge in [-0.15, -0.1) is 0 Å². The molecule has 1 aromatic rings. The maximum Gasteiger partial charge on any atom is 0.419 e. The molecule has 2 unspecified atom stereocenters. The van der Waals surface area contributed by atoms with Gasteiger partial charge in [0.1, 0.15) is 5.82 Å². The van der Waals surface area contributed by atoms with Crippen molar-refractivity contribution >= 4 is 0 Å². The lowest BCUT2D eigenvalue weighted by Crippen LogP contribution is -2.32. The van der Waals surface area contributed by atoms with Crippen LogP contribution in [0.15, 0.2) is 18.2 Å². The highest BCUT2D eigenvalue weighted by atomic mass is 19.4. The molecule has 1 saturated heterocycles. The molecule has 0 radical (unpaired) electrons. The Hall–Kier alpha value is -1.14. The molecule has 2 atom stereocenters. The standard InChI is InChI=1S/C15H20F4N2/c1-2-10-5-6-21(9-10)14(8-20)11-3-4-13(16)12(7-11)15(17,18)19/h3-4,7,10,14H,2,5-6,8-9,20H2,1H3. The van der Waals surface area contributed by atoms with Gasteiger partial charge in [0.05, 0.1) is 5.56 Å². The first-order chi connectivity index (χ1) is 9.86. The van der Waals surface area contributed by atoms with Gasteiger partial charge >= 0.3 is 6.18 Å². The molecule has 1 heterocycles. The molecule has 1 aliphatic heterocycles. The van der Waals surface area contributed by atoms with Gasteiger partial charge in [-0.25, -0.2) is 4.39 Å². The summed E-state index contributed by atoms with van der Waals surface area (Å²) in [7, 11) is 0. The van der Waals surface area contributed by atoms with Crippen molar-refractivity contribution in [3.05, 3.63) is 35.1 Å². The third-order valence-electron chi connectivity index (χ3n) is 4.24. The Kier molecular flexibility index (Phi) is 4.88. The minimum Gasteiger partial charge on any atom is -0.329 e. The van der Waals surface area contributed by atoms with Crippen LogP contribution in [0.4, 0.5) is 17.6 Å². The summed E-state index contributed by atoms with van der Waals surface area (Å²) in [5.74, 6) is -0.684. The minimum absolute atomic E-state index is 0.222. The van der Waals surface area contributed by atoms with Crippen LogP contribution in [0, 0.1) is 11.7 Å². The number of benzene rings is 1. The molecule has 0 bridgehead atoms. The molecule has 0 saturated carbocycles. The minimum atomic E-state index is -4.68. The molecule has 1 aliphatic rings. The smallest absolute Gasteiger partial charge is 0.329 e. The molecule has 2 nitrogen and oxygen atoms in total. The third kappa shape index (κ3) is 3.55. The molecule has 2 rings (SSSR count). The molecular formula is C15H20F4N2. The Balaban J connectivity index is 2.27. The van der Waals surface area contributed by atoms with E-state index >= 15 is 0 Å². The molecule has 0 amide bonds. The van der Waals surface area contributed by atoms with Gasteiger partial charge in [0, 0.05) is 19.1 Å². The van der Waals surface area contributed by atoms with Crippen molar-refractivity contribution in [3.63, 3.8) is 0 Å². The average molecular weight is 304 g/mol. The zero-order valence-electron chi connectivity index (χ0n) is 12.0. The van der Waals surface area contributed by atoms with E-state index in [-0.39, 0.29) is 12.6 Å².